The van der Waals surface area contributed by atoms with Crippen LogP contribution in [0.2, 0.25) is 25.1 Å². The lowest BCUT2D eigenvalue weighted by Gasteiger charge is -2.30. The molecule has 0 saturated heterocycles. The van der Waals surface area contributed by atoms with Crippen molar-refractivity contribution < 1.29 is 0 Å². The highest BCUT2D eigenvalue weighted by Crippen LogP contribution is 2.34. The molecule has 2 rings (SSSR count). The minimum atomic E-state index is -1.05. The molecule has 1 atom stereocenters. The van der Waals surface area contributed by atoms with Gasteiger partial charge in [0.1, 0.15) is 0 Å². The Morgan fingerprint density at radius 2 is 1.92 bits per heavy atom. The van der Waals surface area contributed by atoms with Crippen LogP contribution >= 0.6 is 0 Å². The van der Waals surface area contributed by atoms with Gasteiger partial charge in [0.15, 0.2) is 0 Å². The first-order valence-electron chi connectivity index (χ1n) is 4.90. The predicted molar refractivity (Wildman–Crippen MR) is 62.1 cm³/mol. The summed E-state index contributed by atoms with van der Waals surface area (Å²) in [5.41, 5.74) is 0.772. The third-order valence-electron chi connectivity index (χ3n) is 2.86. The lowest BCUT2D eigenvalue weighted by molar-refractivity contribution is 0.803. The molecule has 0 saturated carbocycles. The van der Waals surface area contributed by atoms with Gasteiger partial charge < -0.3 is 4.81 Å². The summed E-state index contributed by atoms with van der Waals surface area (Å²) in [6.07, 6.45) is 11.1. The molecule has 3 heteroatoms. The number of fused-ring (bicyclic) bond motifs is 1. The Morgan fingerprint density at radius 3 is 2.62 bits per heavy atom. The van der Waals surface area contributed by atoms with Crippen LogP contribution in [0.5, 0.6) is 0 Å². The summed E-state index contributed by atoms with van der Waals surface area (Å²) in [5, 5.41) is 0. The molecule has 0 aromatic carbocycles. The van der Waals surface area contributed by atoms with Gasteiger partial charge in [0, 0.05) is 8.07 Å². The van der Waals surface area contributed by atoms with Crippen molar-refractivity contribution in [2.75, 3.05) is 0 Å². The van der Waals surface area contributed by atoms with Gasteiger partial charge in [-0.05, 0) is 23.9 Å². The fourth-order valence-corrected chi connectivity index (χ4v) is 4.06. The summed E-state index contributed by atoms with van der Waals surface area (Å²) in [7, 11) is -1.05. The summed E-state index contributed by atoms with van der Waals surface area (Å²) in [6, 6.07) is 0. The van der Waals surface area contributed by atoms with Crippen LogP contribution in [0.3, 0.4) is 0 Å². The molecular weight excluding hydrogens is 173 g/mol. The minimum absolute atomic E-state index is 0.608. The second kappa shape index (κ2) is 2.91. The average Bonchev–Trinajstić information content (AvgIpc) is 2.45. The Hall–Kier alpha value is -0.698. The van der Waals surface area contributed by atoms with Gasteiger partial charge >= 0.3 is 0 Å². The number of nitrogens with zero attached hydrogens (tertiary/aromatic N) is 1. The molecular formula is C10H16BNSi. The fraction of sp³-hybridized carbons (Fsp3) is 0.400. The van der Waals surface area contributed by atoms with E-state index in [0.717, 1.165) is 5.44 Å². The quantitative estimate of drug-likeness (QED) is 0.573. The van der Waals surface area contributed by atoms with Gasteiger partial charge in [-0.3, -0.25) is 0 Å². The van der Waals surface area contributed by atoms with E-state index in [4.69, 9.17) is 0 Å². The molecule has 1 unspecified atom stereocenters. The van der Waals surface area contributed by atoms with Crippen molar-refractivity contribution in [1.29, 1.82) is 0 Å². The molecule has 13 heavy (non-hydrogen) atoms. The molecule has 0 radical (unpaired) electrons. The maximum Gasteiger partial charge on any atom is 0.289 e. The van der Waals surface area contributed by atoms with Gasteiger partial charge in [0.25, 0.3) is 6.85 Å². The zero-order chi connectivity index (χ0) is 9.47. The van der Waals surface area contributed by atoms with Gasteiger partial charge in [-0.25, -0.2) is 0 Å². The molecule has 0 amide bonds. The number of rotatable bonds is 1. The van der Waals surface area contributed by atoms with E-state index in [-0.39, 0.29) is 0 Å². The van der Waals surface area contributed by atoms with Gasteiger partial charge in [-0.2, -0.15) is 0 Å². The predicted octanol–water partition coefficient (Wildman–Crippen LogP) is 2.68. The van der Waals surface area contributed by atoms with Crippen molar-refractivity contribution in [3.8, 4) is 0 Å². The summed E-state index contributed by atoms with van der Waals surface area (Å²) in [6.45, 7) is 7.93. The Bertz CT molecular complexity index is 288. The first-order valence-corrected chi connectivity index (χ1v) is 8.47. The molecule has 0 N–H and O–H groups in total. The van der Waals surface area contributed by atoms with Crippen LogP contribution in [-0.4, -0.2) is 19.7 Å². The average molecular weight is 189 g/mol. The van der Waals surface area contributed by atoms with Gasteiger partial charge in [0.05, 0.1) is 0 Å². The molecule has 0 bridgehead atoms. The van der Waals surface area contributed by atoms with Crippen molar-refractivity contribution in [1.82, 2.24) is 4.81 Å². The molecule has 2 aliphatic heterocycles. The van der Waals surface area contributed by atoms with E-state index in [1.807, 2.05) is 0 Å². The fourth-order valence-electron chi connectivity index (χ4n) is 2.09. The maximum atomic E-state index is 2.44. The number of hydrogen-bond donors (Lipinski definition) is 0. The maximum absolute atomic E-state index is 2.44. The van der Waals surface area contributed by atoms with Crippen LogP contribution in [0.25, 0.3) is 0 Å². The Kier molecular flexibility index (Phi) is 1.99. The lowest BCUT2D eigenvalue weighted by Crippen LogP contribution is -2.41. The van der Waals surface area contributed by atoms with E-state index < -0.39 is 8.07 Å². The Balaban J connectivity index is 2.23. The summed E-state index contributed by atoms with van der Waals surface area (Å²) in [4.78, 5) is 2.32. The van der Waals surface area contributed by atoms with E-state index in [2.05, 4.69) is 61.1 Å². The van der Waals surface area contributed by atoms with E-state index in [0.29, 0.717) is 6.85 Å². The highest BCUT2D eigenvalue weighted by molar-refractivity contribution is 6.91. The SMILES string of the molecule is C[Si](C)(C)C1C=CN2C=CC=CB12. The van der Waals surface area contributed by atoms with Crippen molar-refractivity contribution in [2.24, 2.45) is 0 Å². The van der Waals surface area contributed by atoms with Crippen LogP contribution < -0.4 is 0 Å². The Labute approximate surface area is 81.9 Å². The van der Waals surface area contributed by atoms with Crippen molar-refractivity contribution >= 4 is 14.9 Å². The summed E-state index contributed by atoms with van der Waals surface area (Å²) in [5.74, 6) is 2.32. The monoisotopic (exact) mass is 189 g/mol. The smallest absolute Gasteiger partial charge is 0.289 e. The zero-order valence-electron chi connectivity index (χ0n) is 8.57. The third kappa shape index (κ3) is 1.53. The second-order valence-corrected chi connectivity index (χ2v) is 10.3. The van der Waals surface area contributed by atoms with E-state index in [1.54, 1.807) is 0 Å². The first-order chi connectivity index (χ1) is 6.09. The number of allylic oxidation sites excluding steroid dienone is 3. The van der Waals surface area contributed by atoms with Crippen molar-refractivity contribution in [3.05, 3.63) is 36.6 Å². The van der Waals surface area contributed by atoms with E-state index in [9.17, 15) is 0 Å². The molecule has 2 heterocycles. The van der Waals surface area contributed by atoms with Crippen LogP contribution in [0.1, 0.15) is 0 Å². The summed E-state index contributed by atoms with van der Waals surface area (Å²) < 4.78 is 0. The highest BCUT2D eigenvalue weighted by atomic mass is 28.3. The van der Waals surface area contributed by atoms with Crippen LogP contribution in [0.15, 0.2) is 36.6 Å². The van der Waals surface area contributed by atoms with Crippen LogP contribution in [0.4, 0.5) is 0 Å². The van der Waals surface area contributed by atoms with Crippen LogP contribution in [0, 0.1) is 0 Å². The topological polar surface area (TPSA) is 3.24 Å². The minimum Gasteiger partial charge on any atom is -0.394 e. The lowest BCUT2D eigenvalue weighted by atomic mass is 9.58. The largest absolute Gasteiger partial charge is 0.394 e. The summed E-state index contributed by atoms with van der Waals surface area (Å²) >= 11 is 0. The second-order valence-electron chi connectivity index (χ2n) is 4.90. The number of hydrogen-bond acceptors (Lipinski definition) is 1. The molecule has 68 valence electrons. The molecule has 0 aliphatic carbocycles. The van der Waals surface area contributed by atoms with Crippen molar-refractivity contribution in [3.63, 3.8) is 0 Å². The third-order valence-corrected chi connectivity index (χ3v) is 5.39. The molecule has 1 nitrogen and oxygen atoms in total. The molecule has 0 aromatic heterocycles. The normalized spacial score (nSPS) is 25.6. The molecule has 0 spiro atoms. The molecule has 0 fully saturated rings. The zero-order valence-corrected chi connectivity index (χ0v) is 9.57. The standard InChI is InChI=1S/C10H16BNSi/c1-13(2,3)10-6-9-12-8-5-4-7-11(10)12/h4-10H,1-3H3. The van der Waals surface area contributed by atoms with Crippen LogP contribution in [-0.2, 0) is 0 Å². The van der Waals surface area contributed by atoms with E-state index in [1.165, 1.54) is 0 Å². The molecule has 0 aromatic rings. The Morgan fingerprint density at radius 1 is 1.15 bits per heavy atom. The van der Waals surface area contributed by atoms with Gasteiger partial charge in [0.2, 0.25) is 0 Å². The van der Waals surface area contributed by atoms with Crippen molar-refractivity contribution in [2.45, 2.75) is 25.1 Å². The molecule has 2 aliphatic rings. The first kappa shape index (κ1) is 8.88. The highest BCUT2D eigenvalue weighted by Gasteiger charge is 2.39. The van der Waals surface area contributed by atoms with Gasteiger partial charge in [-0.15, -0.1) is 0 Å². The van der Waals surface area contributed by atoms with E-state index >= 15 is 0 Å². The van der Waals surface area contributed by atoms with Gasteiger partial charge in [-0.1, -0.05) is 37.8 Å².